The van der Waals surface area contributed by atoms with Gasteiger partial charge in [0.05, 0.1) is 6.10 Å². The van der Waals surface area contributed by atoms with Crippen LogP contribution in [0.3, 0.4) is 0 Å². The number of rotatable bonds is 4. The number of benzene rings is 1. The molecule has 1 aromatic carbocycles. The van der Waals surface area contributed by atoms with Gasteiger partial charge >= 0.3 is 0 Å². The van der Waals surface area contributed by atoms with E-state index in [1.165, 1.54) is 19.3 Å². The number of piperidine rings is 2. The van der Waals surface area contributed by atoms with Crippen molar-refractivity contribution in [3.05, 3.63) is 34.9 Å². The summed E-state index contributed by atoms with van der Waals surface area (Å²) in [7, 11) is 4.04. The van der Waals surface area contributed by atoms with Crippen molar-refractivity contribution >= 4 is 17.6 Å². The van der Waals surface area contributed by atoms with Gasteiger partial charge in [-0.3, -0.25) is 4.99 Å². The molecule has 0 spiro atoms. The van der Waals surface area contributed by atoms with Gasteiger partial charge < -0.3 is 20.6 Å². The third-order valence-corrected chi connectivity index (χ3v) is 5.84. The van der Waals surface area contributed by atoms with Crippen LogP contribution in [0.15, 0.2) is 29.3 Å². The van der Waals surface area contributed by atoms with Gasteiger partial charge in [-0.15, -0.1) is 0 Å². The van der Waals surface area contributed by atoms with Crippen molar-refractivity contribution in [1.82, 2.24) is 15.5 Å². The minimum Gasteiger partial charge on any atom is -0.387 e. The number of nitrogens with zero attached hydrogens (tertiary/aromatic N) is 2. The molecule has 2 fully saturated rings. The molecule has 2 aliphatic heterocycles. The SMILES string of the molecule is CN=C(NCC(O)c1cccc(Cl)c1)NC1CC2CCCC(C1)N2C. The first kappa shape index (κ1) is 18.5. The minimum absolute atomic E-state index is 0.402. The number of nitrogens with one attached hydrogen (secondary N) is 2. The van der Waals surface area contributed by atoms with Gasteiger partial charge in [-0.1, -0.05) is 30.2 Å². The van der Waals surface area contributed by atoms with Crippen molar-refractivity contribution in [2.24, 2.45) is 4.99 Å². The maximum atomic E-state index is 10.4. The molecule has 0 aliphatic carbocycles. The van der Waals surface area contributed by atoms with Crippen molar-refractivity contribution < 1.29 is 5.11 Å². The summed E-state index contributed by atoms with van der Waals surface area (Å²) in [5.74, 6) is 0.758. The summed E-state index contributed by atoms with van der Waals surface area (Å²) in [5, 5.41) is 17.8. The maximum absolute atomic E-state index is 10.4. The molecule has 6 heteroatoms. The van der Waals surface area contributed by atoms with E-state index in [2.05, 4.69) is 27.6 Å². The van der Waals surface area contributed by atoms with Crippen LogP contribution in [-0.2, 0) is 0 Å². The van der Waals surface area contributed by atoms with Crippen molar-refractivity contribution in [1.29, 1.82) is 0 Å². The molecule has 138 valence electrons. The molecule has 5 nitrogen and oxygen atoms in total. The highest BCUT2D eigenvalue weighted by Gasteiger charge is 2.36. The molecule has 2 bridgehead atoms. The second-order valence-electron chi connectivity index (χ2n) is 7.24. The monoisotopic (exact) mass is 364 g/mol. The fraction of sp³-hybridized carbons (Fsp3) is 0.632. The lowest BCUT2D eigenvalue weighted by Gasteiger charge is -2.47. The Balaban J connectivity index is 1.51. The molecule has 0 saturated carbocycles. The number of hydrogen-bond acceptors (Lipinski definition) is 3. The van der Waals surface area contributed by atoms with Crippen LogP contribution in [0.25, 0.3) is 0 Å². The number of aliphatic imine (C=N–C) groups is 1. The number of aliphatic hydroxyl groups is 1. The number of halogens is 1. The summed E-state index contributed by atoms with van der Waals surface area (Å²) in [5.41, 5.74) is 0.810. The second kappa shape index (κ2) is 8.39. The standard InChI is InChI=1S/C19H29ClN4O/c1-21-19(22-12-18(25)13-5-3-6-14(20)9-13)23-15-10-16-7-4-8-17(11-15)24(16)2/h3,5-6,9,15-18,25H,4,7-8,10-12H2,1-2H3,(H2,21,22,23). The zero-order chi connectivity index (χ0) is 17.8. The summed E-state index contributed by atoms with van der Waals surface area (Å²) in [6.07, 6.45) is 5.64. The van der Waals surface area contributed by atoms with Crippen LogP contribution in [0, 0.1) is 0 Å². The number of guanidine groups is 1. The van der Waals surface area contributed by atoms with Gasteiger partial charge in [0, 0.05) is 36.7 Å². The van der Waals surface area contributed by atoms with E-state index >= 15 is 0 Å². The first-order valence-electron chi connectivity index (χ1n) is 9.19. The minimum atomic E-state index is -0.617. The van der Waals surface area contributed by atoms with Crippen LogP contribution in [-0.4, -0.2) is 54.7 Å². The molecule has 25 heavy (non-hydrogen) atoms. The summed E-state index contributed by atoms with van der Waals surface area (Å²) >= 11 is 5.99. The van der Waals surface area contributed by atoms with Crippen molar-refractivity contribution in [2.45, 2.75) is 56.3 Å². The van der Waals surface area contributed by atoms with Gasteiger partial charge in [-0.2, -0.15) is 0 Å². The zero-order valence-electron chi connectivity index (χ0n) is 15.1. The van der Waals surface area contributed by atoms with E-state index < -0.39 is 6.10 Å². The maximum Gasteiger partial charge on any atom is 0.191 e. The van der Waals surface area contributed by atoms with Crippen LogP contribution >= 0.6 is 11.6 Å². The number of aliphatic hydroxyl groups excluding tert-OH is 1. The topological polar surface area (TPSA) is 59.9 Å². The quantitative estimate of drug-likeness (QED) is 0.567. The molecule has 2 heterocycles. The van der Waals surface area contributed by atoms with Crippen LogP contribution in [0.5, 0.6) is 0 Å². The van der Waals surface area contributed by atoms with E-state index in [0.29, 0.717) is 29.7 Å². The van der Waals surface area contributed by atoms with E-state index in [1.807, 2.05) is 18.2 Å². The third-order valence-electron chi connectivity index (χ3n) is 5.60. The van der Waals surface area contributed by atoms with Gasteiger partial charge in [0.15, 0.2) is 5.96 Å². The fourth-order valence-electron chi connectivity index (χ4n) is 4.15. The van der Waals surface area contributed by atoms with E-state index in [-0.39, 0.29) is 0 Å². The molecule has 2 saturated heterocycles. The van der Waals surface area contributed by atoms with Crippen LogP contribution in [0.2, 0.25) is 5.02 Å². The highest BCUT2D eigenvalue weighted by molar-refractivity contribution is 6.30. The van der Waals surface area contributed by atoms with Crippen molar-refractivity contribution in [3.8, 4) is 0 Å². The lowest BCUT2D eigenvalue weighted by Crippen LogP contribution is -2.56. The number of hydrogen-bond donors (Lipinski definition) is 3. The Hall–Kier alpha value is -1.30. The lowest BCUT2D eigenvalue weighted by atomic mass is 9.82. The van der Waals surface area contributed by atoms with Crippen molar-refractivity contribution in [3.63, 3.8) is 0 Å². The Kier molecular flexibility index (Phi) is 6.20. The average molecular weight is 365 g/mol. The predicted molar refractivity (Wildman–Crippen MR) is 103 cm³/mol. The summed E-state index contributed by atoms with van der Waals surface area (Å²) in [4.78, 5) is 6.88. The molecule has 0 aromatic heterocycles. The molecule has 0 radical (unpaired) electrons. The summed E-state index contributed by atoms with van der Waals surface area (Å²) in [6, 6.07) is 9.14. The smallest absolute Gasteiger partial charge is 0.191 e. The molecular weight excluding hydrogens is 336 g/mol. The van der Waals surface area contributed by atoms with E-state index in [9.17, 15) is 5.11 Å². The Morgan fingerprint density at radius 1 is 1.36 bits per heavy atom. The second-order valence-corrected chi connectivity index (χ2v) is 7.68. The summed E-state index contributed by atoms with van der Waals surface area (Å²) in [6.45, 7) is 0.402. The molecule has 3 atom stereocenters. The third kappa shape index (κ3) is 4.66. The Morgan fingerprint density at radius 2 is 2.08 bits per heavy atom. The van der Waals surface area contributed by atoms with Gasteiger partial charge in [0.1, 0.15) is 0 Å². The van der Waals surface area contributed by atoms with Crippen LogP contribution < -0.4 is 10.6 Å². The summed E-state index contributed by atoms with van der Waals surface area (Å²) < 4.78 is 0. The van der Waals surface area contributed by atoms with Crippen molar-refractivity contribution in [2.75, 3.05) is 20.6 Å². The van der Waals surface area contributed by atoms with E-state index in [0.717, 1.165) is 24.4 Å². The molecule has 3 rings (SSSR count). The molecule has 3 unspecified atom stereocenters. The molecular formula is C19H29ClN4O. The Labute approximate surface area is 155 Å². The highest BCUT2D eigenvalue weighted by Crippen LogP contribution is 2.32. The molecule has 0 amide bonds. The predicted octanol–water partition coefficient (Wildman–Crippen LogP) is 2.55. The first-order valence-corrected chi connectivity index (χ1v) is 9.57. The van der Waals surface area contributed by atoms with Crippen LogP contribution in [0.1, 0.15) is 43.8 Å². The first-order chi connectivity index (χ1) is 12.1. The van der Waals surface area contributed by atoms with Crippen LogP contribution in [0.4, 0.5) is 0 Å². The Bertz CT molecular complexity index is 595. The van der Waals surface area contributed by atoms with Gasteiger partial charge in [-0.05, 0) is 50.4 Å². The normalized spacial score (nSPS) is 28.5. The number of fused-ring (bicyclic) bond motifs is 2. The van der Waals surface area contributed by atoms with Gasteiger partial charge in [0.2, 0.25) is 0 Å². The molecule has 1 aromatic rings. The van der Waals surface area contributed by atoms with E-state index in [4.69, 9.17) is 11.6 Å². The highest BCUT2D eigenvalue weighted by atomic mass is 35.5. The lowest BCUT2D eigenvalue weighted by molar-refractivity contribution is 0.0526. The Morgan fingerprint density at radius 3 is 2.72 bits per heavy atom. The van der Waals surface area contributed by atoms with E-state index in [1.54, 1.807) is 13.1 Å². The fourth-order valence-corrected chi connectivity index (χ4v) is 4.35. The van der Waals surface area contributed by atoms with Gasteiger partial charge in [0.25, 0.3) is 0 Å². The molecule has 2 aliphatic rings. The van der Waals surface area contributed by atoms with Gasteiger partial charge in [-0.25, -0.2) is 0 Å². The molecule has 3 N–H and O–H groups in total. The zero-order valence-corrected chi connectivity index (χ0v) is 15.8. The average Bonchev–Trinajstić information content (AvgIpc) is 2.59. The largest absolute Gasteiger partial charge is 0.387 e.